The number of aliphatic hydroxyl groups is 1. The first-order valence-corrected chi connectivity index (χ1v) is 7.25. The van der Waals surface area contributed by atoms with Gasteiger partial charge in [-0.15, -0.1) is 0 Å². The lowest BCUT2D eigenvalue weighted by atomic mass is 9.97. The number of rotatable bonds is 4. The fourth-order valence-corrected chi connectivity index (χ4v) is 3.15. The molecule has 1 saturated carbocycles. The predicted octanol–water partition coefficient (Wildman–Crippen LogP) is 2.73. The Morgan fingerprint density at radius 3 is 2.84 bits per heavy atom. The van der Waals surface area contributed by atoms with Crippen molar-refractivity contribution in [3.8, 4) is 0 Å². The van der Waals surface area contributed by atoms with Crippen LogP contribution in [-0.2, 0) is 0 Å². The van der Waals surface area contributed by atoms with Crippen LogP contribution in [0, 0.1) is 17.7 Å². The van der Waals surface area contributed by atoms with Crippen LogP contribution in [0.3, 0.4) is 0 Å². The van der Waals surface area contributed by atoms with E-state index in [4.69, 9.17) is 0 Å². The second-order valence-corrected chi connectivity index (χ2v) is 5.82. The first-order chi connectivity index (χ1) is 9.11. The van der Waals surface area contributed by atoms with Crippen molar-refractivity contribution in [2.24, 2.45) is 11.8 Å². The maximum atomic E-state index is 12.9. The molecule has 104 valence electrons. The smallest absolute Gasteiger partial charge is 0.252 e. The molecule has 2 rings (SSSR count). The zero-order valence-electron chi connectivity index (χ0n) is 10.5. The Bertz CT molecular complexity index is 467. The van der Waals surface area contributed by atoms with Gasteiger partial charge >= 0.3 is 0 Å². The highest BCUT2D eigenvalue weighted by atomic mass is 79.9. The van der Waals surface area contributed by atoms with E-state index in [1.54, 1.807) is 0 Å². The van der Waals surface area contributed by atoms with Gasteiger partial charge in [-0.1, -0.05) is 6.42 Å². The minimum Gasteiger partial charge on any atom is -0.396 e. The van der Waals surface area contributed by atoms with E-state index in [0.717, 1.165) is 19.3 Å². The number of halogens is 2. The second kappa shape index (κ2) is 6.48. The summed E-state index contributed by atoms with van der Waals surface area (Å²) in [5.41, 5.74) is 0.431. The summed E-state index contributed by atoms with van der Waals surface area (Å²) in [5.74, 6) is 0.0418. The molecule has 1 amide bonds. The van der Waals surface area contributed by atoms with Crippen LogP contribution < -0.4 is 5.32 Å². The summed E-state index contributed by atoms with van der Waals surface area (Å²) < 4.78 is 13.4. The van der Waals surface area contributed by atoms with Crippen molar-refractivity contribution in [3.05, 3.63) is 34.1 Å². The molecular formula is C14H17BrFNO2. The Morgan fingerprint density at radius 1 is 1.42 bits per heavy atom. The highest BCUT2D eigenvalue weighted by Crippen LogP contribution is 2.30. The zero-order chi connectivity index (χ0) is 13.8. The van der Waals surface area contributed by atoms with Gasteiger partial charge in [0.1, 0.15) is 5.82 Å². The van der Waals surface area contributed by atoms with Crippen molar-refractivity contribution in [2.75, 3.05) is 13.2 Å². The van der Waals surface area contributed by atoms with E-state index in [0.29, 0.717) is 22.5 Å². The topological polar surface area (TPSA) is 49.3 Å². The predicted molar refractivity (Wildman–Crippen MR) is 74.4 cm³/mol. The van der Waals surface area contributed by atoms with Crippen LogP contribution in [0.15, 0.2) is 22.7 Å². The fourth-order valence-electron chi connectivity index (χ4n) is 2.62. The second-order valence-electron chi connectivity index (χ2n) is 4.97. The monoisotopic (exact) mass is 329 g/mol. The Balaban J connectivity index is 1.94. The molecular weight excluding hydrogens is 313 g/mol. The Morgan fingerprint density at radius 2 is 2.16 bits per heavy atom. The van der Waals surface area contributed by atoms with Crippen LogP contribution in [0.5, 0.6) is 0 Å². The Labute approximate surface area is 120 Å². The maximum Gasteiger partial charge on any atom is 0.252 e. The molecule has 0 heterocycles. The van der Waals surface area contributed by atoms with Crippen molar-refractivity contribution in [1.29, 1.82) is 0 Å². The number of carbonyl (C=O) groups is 1. The van der Waals surface area contributed by atoms with Crippen molar-refractivity contribution in [1.82, 2.24) is 5.32 Å². The molecule has 3 nitrogen and oxygen atoms in total. The number of aliphatic hydroxyl groups excluding tert-OH is 1. The molecule has 1 aromatic rings. The lowest BCUT2D eigenvalue weighted by molar-refractivity contribution is 0.0937. The first kappa shape index (κ1) is 14.5. The third-order valence-electron chi connectivity index (χ3n) is 3.75. The van der Waals surface area contributed by atoms with E-state index in [1.165, 1.54) is 18.2 Å². The minimum atomic E-state index is -0.375. The lowest BCUT2D eigenvalue weighted by Crippen LogP contribution is -2.31. The molecule has 5 heteroatoms. The van der Waals surface area contributed by atoms with Crippen LogP contribution in [0.25, 0.3) is 0 Å². The quantitative estimate of drug-likeness (QED) is 0.892. The van der Waals surface area contributed by atoms with Crippen LogP contribution in [0.4, 0.5) is 4.39 Å². The number of carbonyl (C=O) groups excluding carboxylic acids is 1. The molecule has 0 spiro atoms. The van der Waals surface area contributed by atoms with Gasteiger partial charge in [-0.25, -0.2) is 4.39 Å². The molecule has 1 aliphatic rings. The van der Waals surface area contributed by atoms with Gasteiger partial charge in [0.2, 0.25) is 0 Å². The molecule has 0 aromatic heterocycles. The van der Waals surface area contributed by atoms with E-state index in [-0.39, 0.29) is 24.2 Å². The van der Waals surface area contributed by atoms with Gasteiger partial charge < -0.3 is 10.4 Å². The van der Waals surface area contributed by atoms with Gasteiger partial charge in [0.25, 0.3) is 5.91 Å². The molecule has 2 atom stereocenters. The highest BCUT2D eigenvalue weighted by Gasteiger charge is 2.26. The van der Waals surface area contributed by atoms with Gasteiger partial charge in [-0.05, 0) is 58.8 Å². The normalized spacial score (nSPS) is 22.5. The third-order valence-corrected chi connectivity index (χ3v) is 4.41. The van der Waals surface area contributed by atoms with Gasteiger partial charge in [0.05, 0.1) is 5.56 Å². The van der Waals surface area contributed by atoms with E-state index in [1.807, 2.05) is 0 Å². The summed E-state index contributed by atoms with van der Waals surface area (Å²) in [6.07, 6.45) is 3.17. The largest absolute Gasteiger partial charge is 0.396 e. The standard InChI is InChI=1S/C14H17BrFNO2/c15-13-6-11(16)4-5-12(13)14(19)17-7-9-2-1-3-10(9)8-18/h4-6,9-10,18H,1-3,7-8H2,(H,17,19). The first-order valence-electron chi connectivity index (χ1n) is 6.46. The van der Waals surface area contributed by atoms with E-state index < -0.39 is 0 Å². The molecule has 0 saturated heterocycles. The van der Waals surface area contributed by atoms with Crippen molar-refractivity contribution >= 4 is 21.8 Å². The summed E-state index contributed by atoms with van der Waals surface area (Å²) in [7, 11) is 0. The van der Waals surface area contributed by atoms with Gasteiger partial charge in [0, 0.05) is 17.6 Å². The third kappa shape index (κ3) is 3.54. The molecule has 0 aliphatic heterocycles. The number of hydrogen-bond acceptors (Lipinski definition) is 2. The Kier molecular flexibility index (Phi) is 4.93. The summed E-state index contributed by atoms with van der Waals surface area (Å²) in [6.45, 7) is 0.745. The lowest BCUT2D eigenvalue weighted by Gasteiger charge is -2.18. The van der Waals surface area contributed by atoms with Crippen LogP contribution in [-0.4, -0.2) is 24.2 Å². The van der Waals surface area contributed by atoms with Gasteiger partial charge in [-0.3, -0.25) is 4.79 Å². The summed E-state index contributed by atoms with van der Waals surface area (Å²) in [5, 5.41) is 12.1. The molecule has 0 bridgehead atoms. The Hall–Kier alpha value is -0.940. The number of amides is 1. The summed E-state index contributed by atoms with van der Waals surface area (Å²) >= 11 is 3.19. The van der Waals surface area contributed by atoms with E-state index in [9.17, 15) is 14.3 Å². The van der Waals surface area contributed by atoms with E-state index >= 15 is 0 Å². The van der Waals surface area contributed by atoms with Crippen molar-refractivity contribution in [3.63, 3.8) is 0 Å². The molecule has 1 fully saturated rings. The van der Waals surface area contributed by atoms with E-state index in [2.05, 4.69) is 21.2 Å². The average molecular weight is 330 g/mol. The molecule has 1 aliphatic carbocycles. The van der Waals surface area contributed by atoms with Crippen molar-refractivity contribution < 1.29 is 14.3 Å². The average Bonchev–Trinajstić information content (AvgIpc) is 2.83. The molecule has 2 N–H and O–H groups in total. The summed E-state index contributed by atoms with van der Waals surface area (Å²) in [6, 6.07) is 4.01. The SMILES string of the molecule is O=C(NCC1CCCC1CO)c1ccc(F)cc1Br. The number of nitrogens with one attached hydrogen (secondary N) is 1. The molecule has 2 unspecified atom stereocenters. The van der Waals surface area contributed by atoms with Crippen LogP contribution in [0.2, 0.25) is 0 Å². The van der Waals surface area contributed by atoms with Gasteiger partial charge in [0.15, 0.2) is 0 Å². The summed E-state index contributed by atoms with van der Waals surface area (Å²) in [4.78, 5) is 12.0. The fraction of sp³-hybridized carbons (Fsp3) is 0.500. The van der Waals surface area contributed by atoms with Crippen molar-refractivity contribution in [2.45, 2.75) is 19.3 Å². The molecule has 1 aromatic carbocycles. The minimum absolute atomic E-state index is 0.181. The molecule has 19 heavy (non-hydrogen) atoms. The molecule has 0 radical (unpaired) electrons. The number of benzene rings is 1. The highest BCUT2D eigenvalue weighted by molar-refractivity contribution is 9.10. The number of hydrogen-bond donors (Lipinski definition) is 2. The maximum absolute atomic E-state index is 12.9. The van der Waals surface area contributed by atoms with Gasteiger partial charge in [-0.2, -0.15) is 0 Å². The van der Waals surface area contributed by atoms with Crippen LogP contribution >= 0.6 is 15.9 Å². The zero-order valence-corrected chi connectivity index (χ0v) is 12.1. The van der Waals surface area contributed by atoms with Crippen LogP contribution in [0.1, 0.15) is 29.6 Å².